The maximum atomic E-state index is 11.7. The Hall–Kier alpha value is -1.46. The molecule has 1 aromatic heterocycles. The van der Waals surface area contributed by atoms with Crippen LogP contribution in [0.5, 0.6) is 0 Å². The SMILES string of the molecule is NC(CO)C(=O)NCC1(c2ccccn2)CCCC1. The number of nitrogens with two attached hydrogens (primary N) is 1. The van der Waals surface area contributed by atoms with E-state index in [1.54, 1.807) is 6.20 Å². The van der Waals surface area contributed by atoms with Crippen LogP contribution in [0.3, 0.4) is 0 Å². The van der Waals surface area contributed by atoms with Gasteiger partial charge in [-0.2, -0.15) is 0 Å². The zero-order chi connectivity index (χ0) is 13.7. The summed E-state index contributed by atoms with van der Waals surface area (Å²) in [6, 6.07) is 5.04. The first-order chi connectivity index (χ1) is 9.18. The number of amides is 1. The molecule has 0 aromatic carbocycles. The van der Waals surface area contributed by atoms with Gasteiger partial charge in [-0.25, -0.2) is 0 Å². The molecular weight excluding hydrogens is 242 g/mol. The van der Waals surface area contributed by atoms with Crippen LogP contribution in [0.25, 0.3) is 0 Å². The van der Waals surface area contributed by atoms with Crippen LogP contribution < -0.4 is 11.1 Å². The third-order valence-electron chi connectivity index (χ3n) is 3.90. The van der Waals surface area contributed by atoms with Crippen molar-refractivity contribution in [3.05, 3.63) is 30.1 Å². The first-order valence-corrected chi connectivity index (χ1v) is 6.74. The van der Waals surface area contributed by atoms with Crippen molar-refractivity contribution in [1.82, 2.24) is 10.3 Å². The van der Waals surface area contributed by atoms with Gasteiger partial charge in [0.2, 0.25) is 5.91 Å². The highest BCUT2D eigenvalue weighted by atomic mass is 16.3. The van der Waals surface area contributed by atoms with Gasteiger partial charge in [0.05, 0.1) is 6.61 Å². The van der Waals surface area contributed by atoms with Crippen molar-refractivity contribution in [2.24, 2.45) is 5.73 Å². The van der Waals surface area contributed by atoms with Crippen molar-refractivity contribution in [2.75, 3.05) is 13.2 Å². The second-order valence-corrected chi connectivity index (χ2v) is 5.21. The third kappa shape index (κ3) is 3.11. The van der Waals surface area contributed by atoms with Gasteiger partial charge >= 0.3 is 0 Å². The molecule has 104 valence electrons. The highest BCUT2D eigenvalue weighted by molar-refractivity contribution is 5.81. The van der Waals surface area contributed by atoms with Crippen LogP contribution in [0.15, 0.2) is 24.4 Å². The summed E-state index contributed by atoms with van der Waals surface area (Å²) in [6.07, 6.45) is 6.14. The van der Waals surface area contributed by atoms with Crippen molar-refractivity contribution in [2.45, 2.75) is 37.1 Å². The summed E-state index contributed by atoms with van der Waals surface area (Å²) in [5.74, 6) is -0.301. The number of nitrogens with zero attached hydrogens (tertiary/aromatic N) is 1. The number of hydrogen-bond acceptors (Lipinski definition) is 4. The predicted octanol–water partition coefficient (Wildman–Crippen LogP) is 0.329. The molecule has 1 saturated carbocycles. The number of aromatic nitrogens is 1. The zero-order valence-electron chi connectivity index (χ0n) is 11.0. The molecule has 1 fully saturated rings. The quantitative estimate of drug-likeness (QED) is 0.714. The summed E-state index contributed by atoms with van der Waals surface area (Å²) in [4.78, 5) is 16.1. The van der Waals surface area contributed by atoms with Gasteiger partial charge in [0.1, 0.15) is 6.04 Å². The van der Waals surface area contributed by atoms with Crippen molar-refractivity contribution in [1.29, 1.82) is 0 Å². The number of carbonyl (C=O) groups is 1. The van der Waals surface area contributed by atoms with Gasteiger partial charge in [0, 0.05) is 23.9 Å². The van der Waals surface area contributed by atoms with E-state index >= 15 is 0 Å². The molecule has 1 aromatic rings. The van der Waals surface area contributed by atoms with E-state index in [1.807, 2.05) is 18.2 Å². The molecule has 5 heteroatoms. The molecule has 0 spiro atoms. The Morgan fingerprint density at radius 3 is 2.79 bits per heavy atom. The van der Waals surface area contributed by atoms with E-state index in [4.69, 9.17) is 10.8 Å². The van der Waals surface area contributed by atoms with Crippen molar-refractivity contribution in [3.63, 3.8) is 0 Å². The fourth-order valence-electron chi connectivity index (χ4n) is 2.72. The number of hydrogen-bond donors (Lipinski definition) is 3. The number of nitrogens with one attached hydrogen (secondary N) is 1. The molecule has 0 bridgehead atoms. The van der Waals surface area contributed by atoms with E-state index in [0.29, 0.717) is 6.54 Å². The van der Waals surface area contributed by atoms with Crippen LogP contribution >= 0.6 is 0 Å². The average molecular weight is 263 g/mol. The number of rotatable bonds is 5. The van der Waals surface area contributed by atoms with Crippen molar-refractivity contribution < 1.29 is 9.90 Å². The van der Waals surface area contributed by atoms with Gasteiger partial charge in [0.25, 0.3) is 0 Å². The van der Waals surface area contributed by atoms with Crippen LogP contribution in [0.4, 0.5) is 0 Å². The molecule has 1 aliphatic carbocycles. The van der Waals surface area contributed by atoms with Crippen LogP contribution in [0.1, 0.15) is 31.4 Å². The molecule has 4 N–H and O–H groups in total. The van der Waals surface area contributed by atoms with E-state index < -0.39 is 6.04 Å². The number of pyridine rings is 1. The molecule has 1 unspecified atom stereocenters. The first-order valence-electron chi connectivity index (χ1n) is 6.74. The monoisotopic (exact) mass is 263 g/mol. The maximum Gasteiger partial charge on any atom is 0.239 e. The van der Waals surface area contributed by atoms with E-state index in [9.17, 15) is 4.79 Å². The molecule has 0 radical (unpaired) electrons. The van der Waals surface area contributed by atoms with Gasteiger partial charge in [-0.3, -0.25) is 9.78 Å². The Morgan fingerprint density at radius 1 is 1.47 bits per heavy atom. The lowest BCUT2D eigenvalue weighted by molar-refractivity contribution is -0.123. The summed E-state index contributed by atoms with van der Waals surface area (Å²) in [6.45, 7) is 0.207. The topological polar surface area (TPSA) is 88.2 Å². The minimum absolute atomic E-state index is 0.0773. The van der Waals surface area contributed by atoms with Crippen LogP contribution in [0.2, 0.25) is 0 Å². The van der Waals surface area contributed by atoms with Gasteiger partial charge < -0.3 is 16.2 Å². The summed E-state index contributed by atoms with van der Waals surface area (Å²) in [7, 11) is 0. The lowest BCUT2D eigenvalue weighted by Crippen LogP contribution is -2.47. The maximum absolute atomic E-state index is 11.7. The molecule has 0 saturated heterocycles. The third-order valence-corrected chi connectivity index (χ3v) is 3.90. The number of carbonyl (C=O) groups excluding carboxylic acids is 1. The van der Waals surface area contributed by atoms with Gasteiger partial charge in [-0.15, -0.1) is 0 Å². The van der Waals surface area contributed by atoms with Gasteiger partial charge in [0.15, 0.2) is 0 Å². The van der Waals surface area contributed by atoms with Crippen molar-refractivity contribution in [3.8, 4) is 0 Å². The number of aliphatic hydroxyl groups is 1. The van der Waals surface area contributed by atoms with Gasteiger partial charge in [-0.05, 0) is 25.0 Å². The first kappa shape index (κ1) is 14.0. The minimum Gasteiger partial charge on any atom is -0.394 e. The highest BCUT2D eigenvalue weighted by Crippen LogP contribution is 2.39. The predicted molar refractivity (Wildman–Crippen MR) is 72.5 cm³/mol. The largest absolute Gasteiger partial charge is 0.394 e. The normalized spacial score (nSPS) is 19.1. The second-order valence-electron chi connectivity index (χ2n) is 5.21. The van der Waals surface area contributed by atoms with E-state index in [2.05, 4.69) is 10.3 Å². The highest BCUT2D eigenvalue weighted by Gasteiger charge is 2.37. The zero-order valence-corrected chi connectivity index (χ0v) is 11.0. The van der Waals surface area contributed by atoms with Gasteiger partial charge in [-0.1, -0.05) is 18.9 Å². The Bertz CT molecular complexity index is 416. The van der Waals surface area contributed by atoms with E-state index in [1.165, 1.54) is 0 Å². The summed E-state index contributed by atoms with van der Waals surface area (Å²) < 4.78 is 0. The second kappa shape index (κ2) is 6.12. The fourth-order valence-corrected chi connectivity index (χ4v) is 2.72. The molecule has 1 heterocycles. The van der Waals surface area contributed by atoms with E-state index in [-0.39, 0.29) is 17.9 Å². The van der Waals surface area contributed by atoms with Crippen LogP contribution in [0, 0.1) is 0 Å². The summed E-state index contributed by atoms with van der Waals surface area (Å²) in [5.41, 5.74) is 6.46. The average Bonchev–Trinajstić information content (AvgIpc) is 2.95. The Morgan fingerprint density at radius 2 is 2.21 bits per heavy atom. The lowest BCUT2D eigenvalue weighted by atomic mass is 9.82. The Kier molecular flexibility index (Phi) is 4.50. The number of aliphatic hydroxyl groups excluding tert-OH is 1. The molecule has 5 nitrogen and oxygen atoms in total. The van der Waals surface area contributed by atoms with Crippen molar-refractivity contribution >= 4 is 5.91 Å². The Labute approximate surface area is 113 Å². The standard InChI is InChI=1S/C14H21N3O2/c15-11(9-18)13(19)17-10-14(6-2-3-7-14)12-5-1-4-8-16-12/h1,4-5,8,11,18H,2-3,6-7,9-10,15H2,(H,17,19). The van der Waals surface area contributed by atoms with Crippen LogP contribution in [-0.2, 0) is 10.2 Å². The van der Waals surface area contributed by atoms with E-state index in [0.717, 1.165) is 31.4 Å². The molecule has 2 rings (SSSR count). The Balaban J connectivity index is 2.07. The molecular formula is C14H21N3O2. The molecule has 19 heavy (non-hydrogen) atoms. The lowest BCUT2D eigenvalue weighted by Gasteiger charge is -2.29. The molecule has 1 aliphatic rings. The summed E-state index contributed by atoms with van der Waals surface area (Å²) in [5, 5.41) is 11.7. The molecule has 0 aliphatic heterocycles. The minimum atomic E-state index is -0.845. The molecule has 1 amide bonds. The summed E-state index contributed by atoms with van der Waals surface area (Å²) >= 11 is 0. The fraction of sp³-hybridized carbons (Fsp3) is 0.571. The smallest absolute Gasteiger partial charge is 0.239 e. The molecule has 1 atom stereocenters. The van der Waals surface area contributed by atoms with Crippen LogP contribution in [-0.4, -0.2) is 35.2 Å².